The zero-order valence-corrected chi connectivity index (χ0v) is 7.45. The van der Waals surface area contributed by atoms with Crippen LogP contribution in [0.4, 0.5) is 23.2 Å². The highest BCUT2D eigenvalue weighted by Gasteiger charge is 2.31. The SMILES string of the molecule is Cl.Nc1ccc(OC(F)(F)F)cc1F. The number of alkyl halides is 3. The third kappa shape index (κ3) is 3.69. The van der Waals surface area contributed by atoms with E-state index >= 15 is 0 Å². The molecule has 0 amide bonds. The molecule has 0 fully saturated rings. The summed E-state index contributed by atoms with van der Waals surface area (Å²) in [4.78, 5) is 0. The second-order valence-electron chi connectivity index (χ2n) is 2.23. The van der Waals surface area contributed by atoms with E-state index in [1.807, 2.05) is 0 Å². The van der Waals surface area contributed by atoms with Crippen molar-refractivity contribution in [2.24, 2.45) is 0 Å². The van der Waals surface area contributed by atoms with Crippen molar-refractivity contribution < 1.29 is 22.3 Å². The molecule has 0 aliphatic rings. The minimum absolute atomic E-state index is 0. The molecule has 0 aliphatic carbocycles. The van der Waals surface area contributed by atoms with Crippen molar-refractivity contribution in [3.63, 3.8) is 0 Å². The van der Waals surface area contributed by atoms with Gasteiger partial charge in [-0.3, -0.25) is 0 Å². The van der Waals surface area contributed by atoms with Crippen LogP contribution in [0.3, 0.4) is 0 Å². The van der Waals surface area contributed by atoms with E-state index in [1.165, 1.54) is 0 Å². The Morgan fingerprint density at radius 2 is 1.79 bits per heavy atom. The molecule has 1 aromatic rings. The van der Waals surface area contributed by atoms with Crippen LogP contribution in [-0.4, -0.2) is 6.36 Å². The molecule has 0 saturated carbocycles. The number of halogens is 5. The standard InChI is InChI=1S/C7H5F4NO.ClH/c8-5-3-4(1-2-6(5)12)13-7(9,10)11;/h1-3H,12H2;1H. The molecule has 0 saturated heterocycles. The van der Waals surface area contributed by atoms with E-state index in [-0.39, 0.29) is 18.1 Å². The number of hydrogen-bond acceptors (Lipinski definition) is 2. The van der Waals surface area contributed by atoms with Crippen molar-refractivity contribution in [2.45, 2.75) is 6.36 Å². The first-order chi connectivity index (χ1) is 5.88. The molecule has 0 heterocycles. The van der Waals surface area contributed by atoms with Gasteiger partial charge in [-0.15, -0.1) is 25.6 Å². The highest BCUT2D eigenvalue weighted by molar-refractivity contribution is 5.85. The number of anilines is 1. The molecular weight excluding hydrogens is 226 g/mol. The lowest BCUT2D eigenvalue weighted by molar-refractivity contribution is -0.274. The fraction of sp³-hybridized carbons (Fsp3) is 0.143. The molecule has 7 heteroatoms. The highest BCUT2D eigenvalue weighted by Crippen LogP contribution is 2.24. The molecule has 80 valence electrons. The number of benzene rings is 1. The Balaban J connectivity index is 0.00000169. The Morgan fingerprint density at radius 1 is 1.21 bits per heavy atom. The molecular formula is C7H6ClF4NO. The molecule has 0 radical (unpaired) electrons. The molecule has 0 atom stereocenters. The van der Waals surface area contributed by atoms with Crippen molar-refractivity contribution in [3.8, 4) is 5.75 Å². The predicted octanol–water partition coefficient (Wildman–Crippen LogP) is 2.73. The second-order valence-corrected chi connectivity index (χ2v) is 2.23. The molecule has 0 aromatic heterocycles. The van der Waals surface area contributed by atoms with Gasteiger partial charge in [0.1, 0.15) is 11.6 Å². The minimum atomic E-state index is -4.82. The second kappa shape index (κ2) is 4.36. The van der Waals surface area contributed by atoms with Gasteiger partial charge in [-0.2, -0.15) is 0 Å². The number of nitrogens with two attached hydrogens (primary N) is 1. The lowest BCUT2D eigenvalue weighted by Gasteiger charge is -2.08. The van der Waals surface area contributed by atoms with Crippen LogP contribution in [0.15, 0.2) is 18.2 Å². The smallest absolute Gasteiger partial charge is 0.406 e. The van der Waals surface area contributed by atoms with Crippen LogP contribution in [0.2, 0.25) is 0 Å². The fourth-order valence-electron chi connectivity index (χ4n) is 0.705. The maximum absolute atomic E-state index is 12.6. The van der Waals surface area contributed by atoms with Crippen molar-refractivity contribution in [3.05, 3.63) is 24.0 Å². The van der Waals surface area contributed by atoms with Crippen LogP contribution in [0.25, 0.3) is 0 Å². The number of nitrogen functional groups attached to an aromatic ring is 1. The molecule has 0 aliphatic heterocycles. The van der Waals surface area contributed by atoms with Crippen LogP contribution in [0.5, 0.6) is 5.75 Å². The monoisotopic (exact) mass is 231 g/mol. The molecule has 0 spiro atoms. The van der Waals surface area contributed by atoms with Crippen LogP contribution < -0.4 is 10.5 Å². The number of hydrogen-bond donors (Lipinski definition) is 1. The van der Waals surface area contributed by atoms with E-state index in [4.69, 9.17) is 5.73 Å². The molecule has 1 aromatic carbocycles. The van der Waals surface area contributed by atoms with Gasteiger partial charge < -0.3 is 10.5 Å². The van der Waals surface area contributed by atoms with Gasteiger partial charge in [0.2, 0.25) is 0 Å². The summed E-state index contributed by atoms with van der Waals surface area (Å²) in [5.41, 5.74) is 4.81. The molecule has 0 unspecified atom stereocenters. The maximum Gasteiger partial charge on any atom is 0.573 e. The van der Waals surface area contributed by atoms with Crippen LogP contribution in [0.1, 0.15) is 0 Å². The van der Waals surface area contributed by atoms with Crippen LogP contribution in [-0.2, 0) is 0 Å². The van der Waals surface area contributed by atoms with Gasteiger partial charge in [0.05, 0.1) is 5.69 Å². The van der Waals surface area contributed by atoms with Gasteiger partial charge in [0.15, 0.2) is 0 Å². The van der Waals surface area contributed by atoms with E-state index in [9.17, 15) is 17.6 Å². The summed E-state index contributed by atoms with van der Waals surface area (Å²) < 4.78 is 50.8. The Hall–Kier alpha value is -1.17. The first-order valence-electron chi connectivity index (χ1n) is 3.19. The predicted molar refractivity (Wildman–Crippen MR) is 44.7 cm³/mol. The van der Waals surface area contributed by atoms with Crippen LogP contribution in [0, 0.1) is 5.82 Å². The highest BCUT2D eigenvalue weighted by atomic mass is 35.5. The van der Waals surface area contributed by atoms with Gasteiger partial charge in [-0.1, -0.05) is 0 Å². The molecule has 14 heavy (non-hydrogen) atoms. The minimum Gasteiger partial charge on any atom is -0.406 e. The van der Waals surface area contributed by atoms with Gasteiger partial charge in [-0.25, -0.2) is 4.39 Å². The molecule has 2 N–H and O–H groups in total. The number of rotatable bonds is 1. The zero-order valence-electron chi connectivity index (χ0n) is 6.64. The fourth-order valence-corrected chi connectivity index (χ4v) is 0.705. The normalized spacial score (nSPS) is 10.6. The zero-order chi connectivity index (χ0) is 10.1. The average molecular weight is 232 g/mol. The van der Waals surface area contributed by atoms with Crippen molar-refractivity contribution in [1.82, 2.24) is 0 Å². The lowest BCUT2D eigenvalue weighted by atomic mass is 10.3. The first-order valence-corrected chi connectivity index (χ1v) is 3.19. The van der Waals surface area contributed by atoms with E-state index in [1.54, 1.807) is 0 Å². The summed E-state index contributed by atoms with van der Waals surface area (Å²) in [5.74, 6) is -1.57. The summed E-state index contributed by atoms with van der Waals surface area (Å²) in [7, 11) is 0. The van der Waals surface area contributed by atoms with Crippen molar-refractivity contribution in [2.75, 3.05) is 5.73 Å². The van der Waals surface area contributed by atoms with E-state index in [0.29, 0.717) is 6.07 Å². The van der Waals surface area contributed by atoms with Gasteiger partial charge >= 0.3 is 6.36 Å². The molecule has 2 nitrogen and oxygen atoms in total. The average Bonchev–Trinajstić information content (AvgIpc) is 1.94. The summed E-state index contributed by atoms with van der Waals surface area (Å²) in [6.07, 6.45) is -4.82. The van der Waals surface area contributed by atoms with Crippen LogP contribution >= 0.6 is 12.4 Å². The molecule has 1 rings (SSSR count). The Labute approximate surface area is 83.1 Å². The first kappa shape index (κ1) is 12.8. The third-order valence-electron chi connectivity index (χ3n) is 1.21. The van der Waals surface area contributed by atoms with Gasteiger partial charge in [0, 0.05) is 6.07 Å². The summed E-state index contributed by atoms with van der Waals surface area (Å²) in [5, 5.41) is 0. The Bertz CT molecular complexity index is 315. The molecule has 0 bridgehead atoms. The largest absolute Gasteiger partial charge is 0.573 e. The van der Waals surface area contributed by atoms with E-state index < -0.39 is 17.9 Å². The topological polar surface area (TPSA) is 35.2 Å². The summed E-state index contributed by atoms with van der Waals surface area (Å²) >= 11 is 0. The maximum atomic E-state index is 12.6. The van der Waals surface area contributed by atoms with Gasteiger partial charge in [-0.05, 0) is 12.1 Å². The summed E-state index contributed by atoms with van der Waals surface area (Å²) in [6.45, 7) is 0. The van der Waals surface area contributed by atoms with Crippen molar-refractivity contribution >= 4 is 18.1 Å². The third-order valence-corrected chi connectivity index (χ3v) is 1.21. The quantitative estimate of drug-likeness (QED) is 0.596. The van der Waals surface area contributed by atoms with E-state index in [0.717, 1.165) is 12.1 Å². The Kier molecular flexibility index (Phi) is 4.00. The van der Waals surface area contributed by atoms with E-state index in [2.05, 4.69) is 4.74 Å². The lowest BCUT2D eigenvalue weighted by Crippen LogP contribution is -2.17. The number of ether oxygens (including phenoxy) is 1. The van der Waals surface area contributed by atoms with Gasteiger partial charge in [0.25, 0.3) is 0 Å². The summed E-state index contributed by atoms with van der Waals surface area (Å²) in [6, 6.07) is 2.51. The Morgan fingerprint density at radius 3 is 2.21 bits per heavy atom. The van der Waals surface area contributed by atoms with Crippen molar-refractivity contribution in [1.29, 1.82) is 0 Å².